The van der Waals surface area contributed by atoms with Gasteiger partial charge < -0.3 is 21.1 Å². The molecule has 0 aliphatic carbocycles. The zero-order valence-electron chi connectivity index (χ0n) is 8.84. The summed E-state index contributed by atoms with van der Waals surface area (Å²) in [6, 6.07) is 0. The van der Waals surface area contributed by atoms with Crippen LogP contribution in [0.4, 0.5) is 0 Å². The molecular weight excluding hydrogens is 198 g/mol. The van der Waals surface area contributed by atoms with Gasteiger partial charge in [0, 0.05) is 26.6 Å². The highest BCUT2D eigenvalue weighted by molar-refractivity contribution is 5.87. The topological polar surface area (TPSA) is 93.5 Å². The van der Waals surface area contributed by atoms with E-state index in [0.717, 1.165) is 0 Å². The van der Waals surface area contributed by atoms with Crippen molar-refractivity contribution in [1.29, 1.82) is 0 Å². The lowest BCUT2D eigenvalue weighted by atomic mass is 9.99. The third kappa shape index (κ3) is 3.17. The van der Waals surface area contributed by atoms with Crippen molar-refractivity contribution in [2.24, 2.45) is 5.73 Å². The second-order valence-corrected chi connectivity index (χ2v) is 3.64. The summed E-state index contributed by atoms with van der Waals surface area (Å²) in [5, 5.41) is 5.10. The minimum absolute atomic E-state index is 0.107. The molecule has 0 bridgehead atoms. The van der Waals surface area contributed by atoms with Crippen LogP contribution < -0.4 is 16.4 Å². The summed E-state index contributed by atoms with van der Waals surface area (Å²) in [7, 11) is 1.55. The summed E-state index contributed by atoms with van der Waals surface area (Å²) < 4.78 is 5.06. The molecule has 1 saturated heterocycles. The van der Waals surface area contributed by atoms with Crippen LogP contribution in [0.1, 0.15) is 12.8 Å². The molecule has 1 unspecified atom stereocenters. The molecule has 2 amide bonds. The van der Waals surface area contributed by atoms with E-state index in [4.69, 9.17) is 10.5 Å². The molecule has 1 heterocycles. The maximum Gasteiger partial charge on any atom is 0.242 e. The standard InChI is InChI=1S/C9H17N3O3/c1-11-7(13)2-4-12-8(14)9(10)3-5-15-6-9/h2-6,10H2,1H3,(H,11,13)(H,12,14). The van der Waals surface area contributed by atoms with Crippen molar-refractivity contribution in [3.8, 4) is 0 Å². The van der Waals surface area contributed by atoms with Crippen molar-refractivity contribution in [3.63, 3.8) is 0 Å². The van der Waals surface area contributed by atoms with E-state index in [1.165, 1.54) is 0 Å². The predicted octanol–water partition coefficient (Wildman–Crippen LogP) is -1.64. The van der Waals surface area contributed by atoms with Crippen molar-refractivity contribution in [2.75, 3.05) is 26.8 Å². The lowest BCUT2D eigenvalue weighted by molar-refractivity contribution is -0.126. The molecule has 4 N–H and O–H groups in total. The number of nitrogens with one attached hydrogen (secondary N) is 2. The summed E-state index contributed by atoms with van der Waals surface area (Å²) >= 11 is 0. The van der Waals surface area contributed by atoms with Gasteiger partial charge >= 0.3 is 0 Å². The highest BCUT2D eigenvalue weighted by Gasteiger charge is 2.37. The third-order valence-electron chi connectivity index (χ3n) is 2.42. The van der Waals surface area contributed by atoms with E-state index in [1.54, 1.807) is 7.05 Å². The Morgan fingerprint density at radius 2 is 2.27 bits per heavy atom. The van der Waals surface area contributed by atoms with Gasteiger partial charge in [-0.25, -0.2) is 0 Å². The fourth-order valence-corrected chi connectivity index (χ4v) is 1.35. The third-order valence-corrected chi connectivity index (χ3v) is 2.42. The normalized spacial score (nSPS) is 24.9. The second-order valence-electron chi connectivity index (χ2n) is 3.64. The van der Waals surface area contributed by atoms with E-state index in [2.05, 4.69) is 10.6 Å². The Labute approximate surface area is 88.5 Å². The molecule has 0 aromatic carbocycles. The van der Waals surface area contributed by atoms with Gasteiger partial charge in [-0.05, 0) is 6.42 Å². The average molecular weight is 215 g/mol. The molecule has 0 radical (unpaired) electrons. The Morgan fingerprint density at radius 1 is 1.53 bits per heavy atom. The van der Waals surface area contributed by atoms with Gasteiger partial charge in [-0.15, -0.1) is 0 Å². The zero-order chi connectivity index (χ0) is 11.3. The Morgan fingerprint density at radius 3 is 2.80 bits per heavy atom. The number of nitrogens with two attached hydrogens (primary N) is 1. The zero-order valence-corrected chi connectivity index (χ0v) is 8.84. The quantitative estimate of drug-likeness (QED) is 0.524. The SMILES string of the molecule is CNC(=O)CCNC(=O)C1(N)CCOC1. The van der Waals surface area contributed by atoms with E-state index in [1.807, 2.05) is 0 Å². The molecule has 1 rings (SSSR count). The molecule has 6 nitrogen and oxygen atoms in total. The van der Waals surface area contributed by atoms with Crippen molar-refractivity contribution in [3.05, 3.63) is 0 Å². The fraction of sp³-hybridized carbons (Fsp3) is 0.778. The van der Waals surface area contributed by atoms with Crippen LogP contribution >= 0.6 is 0 Å². The fourth-order valence-electron chi connectivity index (χ4n) is 1.35. The monoisotopic (exact) mass is 215 g/mol. The summed E-state index contributed by atoms with van der Waals surface area (Å²) in [4.78, 5) is 22.5. The first kappa shape index (κ1) is 11.9. The molecular formula is C9H17N3O3. The van der Waals surface area contributed by atoms with E-state index < -0.39 is 5.54 Å². The number of hydrogen-bond donors (Lipinski definition) is 3. The van der Waals surface area contributed by atoms with Crippen molar-refractivity contribution in [1.82, 2.24) is 10.6 Å². The van der Waals surface area contributed by atoms with Crippen LogP contribution in [0.5, 0.6) is 0 Å². The van der Waals surface area contributed by atoms with Crippen LogP contribution in [0, 0.1) is 0 Å². The number of carbonyl (C=O) groups excluding carboxylic acids is 2. The minimum Gasteiger partial charge on any atom is -0.379 e. The largest absolute Gasteiger partial charge is 0.379 e. The highest BCUT2D eigenvalue weighted by atomic mass is 16.5. The highest BCUT2D eigenvalue weighted by Crippen LogP contribution is 2.15. The summed E-state index contributed by atoms with van der Waals surface area (Å²) in [5.74, 6) is -0.354. The van der Waals surface area contributed by atoms with Gasteiger partial charge in [0.2, 0.25) is 11.8 Å². The smallest absolute Gasteiger partial charge is 0.242 e. The van der Waals surface area contributed by atoms with Gasteiger partial charge in [-0.2, -0.15) is 0 Å². The summed E-state index contributed by atoms with van der Waals surface area (Å²) in [5.41, 5.74) is 4.90. The van der Waals surface area contributed by atoms with Crippen molar-refractivity contribution >= 4 is 11.8 Å². The van der Waals surface area contributed by atoms with Crippen LogP contribution in [-0.4, -0.2) is 44.2 Å². The average Bonchev–Trinajstić information content (AvgIpc) is 2.66. The Kier molecular flexibility index (Phi) is 4.05. The van der Waals surface area contributed by atoms with Crippen LogP contribution in [0.15, 0.2) is 0 Å². The number of hydrogen-bond acceptors (Lipinski definition) is 4. The molecule has 1 fully saturated rings. The van der Waals surface area contributed by atoms with Gasteiger partial charge in [0.1, 0.15) is 5.54 Å². The van der Waals surface area contributed by atoms with E-state index in [-0.39, 0.29) is 24.8 Å². The first-order chi connectivity index (χ1) is 7.08. The van der Waals surface area contributed by atoms with E-state index in [9.17, 15) is 9.59 Å². The first-order valence-electron chi connectivity index (χ1n) is 4.94. The second kappa shape index (κ2) is 5.09. The van der Waals surface area contributed by atoms with E-state index in [0.29, 0.717) is 19.6 Å². The van der Waals surface area contributed by atoms with Gasteiger partial charge in [0.05, 0.1) is 6.61 Å². The molecule has 1 atom stereocenters. The Hall–Kier alpha value is -1.14. The number of ether oxygens (including phenoxy) is 1. The molecule has 0 spiro atoms. The Balaban J connectivity index is 2.26. The lowest BCUT2D eigenvalue weighted by Crippen LogP contribution is -2.54. The molecule has 0 saturated carbocycles. The Bertz CT molecular complexity index is 249. The summed E-state index contributed by atoms with van der Waals surface area (Å²) in [6.07, 6.45) is 0.790. The molecule has 6 heteroatoms. The summed E-state index contributed by atoms with van der Waals surface area (Å²) in [6.45, 7) is 1.07. The first-order valence-corrected chi connectivity index (χ1v) is 4.94. The van der Waals surface area contributed by atoms with Crippen LogP contribution in [-0.2, 0) is 14.3 Å². The van der Waals surface area contributed by atoms with E-state index >= 15 is 0 Å². The molecule has 0 aromatic rings. The minimum atomic E-state index is -0.914. The lowest BCUT2D eigenvalue weighted by Gasteiger charge is -2.20. The maximum atomic E-state index is 11.6. The van der Waals surface area contributed by atoms with Gasteiger partial charge in [-0.3, -0.25) is 9.59 Å². The molecule has 0 aromatic heterocycles. The number of amides is 2. The molecule has 15 heavy (non-hydrogen) atoms. The van der Waals surface area contributed by atoms with Gasteiger partial charge in [0.15, 0.2) is 0 Å². The molecule has 86 valence electrons. The van der Waals surface area contributed by atoms with Crippen LogP contribution in [0.25, 0.3) is 0 Å². The maximum absolute atomic E-state index is 11.6. The predicted molar refractivity (Wildman–Crippen MR) is 54.0 cm³/mol. The number of rotatable bonds is 4. The van der Waals surface area contributed by atoms with Gasteiger partial charge in [-0.1, -0.05) is 0 Å². The van der Waals surface area contributed by atoms with Gasteiger partial charge in [0.25, 0.3) is 0 Å². The molecule has 1 aliphatic heterocycles. The van der Waals surface area contributed by atoms with Crippen molar-refractivity contribution < 1.29 is 14.3 Å². The van der Waals surface area contributed by atoms with Crippen LogP contribution in [0.2, 0.25) is 0 Å². The molecule has 1 aliphatic rings. The number of carbonyl (C=O) groups is 2. The van der Waals surface area contributed by atoms with Crippen molar-refractivity contribution in [2.45, 2.75) is 18.4 Å². The van der Waals surface area contributed by atoms with Crippen LogP contribution in [0.3, 0.4) is 0 Å².